The largest absolute Gasteiger partial charge is 0.368 e. The number of nitrogens with zero attached hydrogens (tertiary/aromatic N) is 3. The number of aryl methyl sites for hydroxylation is 1. The molecule has 0 aliphatic carbocycles. The van der Waals surface area contributed by atoms with Gasteiger partial charge in [0.15, 0.2) is 11.6 Å². The summed E-state index contributed by atoms with van der Waals surface area (Å²) in [5, 5.41) is 5.46. The van der Waals surface area contributed by atoms with Crippen molar-refractivity contribution in [3.63, 3.8) is 0 Å². The van der Waals surface area contributed by atoms with Crippen LogP contribution in [0.25, 0.3) is 0 Å². The van der Waals surface area contributed by atoms with Gasteiger partial charge in [0.25, 0.3) is 5.91 Å². The lowest BCUT2D eigenvalue weighted by atomic mass is 10.2. The molecule has 7 heteroatoms. The Labute approximate surface area is 122 Å². The molecule has 2 rings (SSSR count). The smallest absolute Gasteiger partial charge is 0.254 e. The number of carbonyl (C=O) groups is 1. The number of hydrogen-bond donors (Lipinski definition) is 2. The number of aromatic nitrogens is 3. The van der Waals surface area contributed by atoms with E-state index in [1.54, 1.807) is 6.20 Å². The van der Waals surface area contributed by atoms with E-state index >= 15 is 0 Å². The molecule has 0 aliphatic rings. The summed E-state index contributed by atoms with van der Waals surface area (Å²) in [7, 11) is 1.88. The summed E-state index contributed by atoms with van der Waals surface area (Å²) in [5.74, 6) is -0.134. The molecule has 0 saturated heterocycles. The van der Waals surface area contributed by atoms with E-state index in [0.717, 1.165) is 5.82 Å². The van der Waals surface area contributed by atoms with Crippen LogP contribution in [-0.2, 0) is 13.5 Å². The summed E-state index contributed by atoms with van der Waals surface area (Å²) in [6.07, 6.45) is 5.53. The van der Waals surface area contributed by atoms with Gasteiger partial charge >= 0.3 is 0 Å². The standard InChI is InChI=1S/C14H18FN5O/c1-3-16-13-12(15)10(4-6-18-13)14(21)19-7-5-11-17-8-9-20(11)2/h4,6,8-9H,3,5,7H2,1-2H3,(H,16,18)(H,19,21). The molecule has 21 heavy (non-hydrogen) atoms. The van der Waals surface area contributed by atoms with Crippen LogP contribution in [0, 0.1) is 5.82 Å². The molecule has 0 saturated carbocycles. The third-order valence-corrected chi connectivity index (χ3v) is 3.03. The molecule has 2 aromatic rings. The number of halogens is 1. The monoisotopic (exact) mass is 291 g/mol. The van der Waals surface area contributed by atoms with Gasteiger partial charge in [0.2, 0.25) is 0 Å². The molecule has 0 radical (unpaired) electrons. The van der Waals surface area contributed by atoms with Crippen molar-refractivity contribution in [3.05, 3.63) is 41.9 Å². The third kappa shape index (κ3) is 3.56. The Bertz CT molecular complexity index is 626. The normalized spacial score (nSPS) is 10.4. The molecule has 0 spiro atoms. The maximum absolute atomic E-state index is 14.1. The number of hydrogen-bond acceptors (Lipinski definition) is 4. The van der Waals surface area contributed by atoms with Crippen molar-refractivity contribution < 1.29 is 9.18 Å². The van der Waals surface area contributed by atoms with Crippen LogP contribution in [0.2, 0.25) is 0 Å². The van der Waals surface area contributed by atoms with E-state index in [4.69, 9.17) is 0 Å². The highest BCUT2D eigenvalue weighted by Crippen LogP contribution is 2.14. The van der Waals surface area contributed by atoms with Gasteiger partial charge in [0.1, 0.15) is 5.82 Å². The Morgan fingerprint density at radius 1 is 1.38 bits per heavy atom. The molecule has 0 bridgehead atoms. The summed E-state index contributed by atoms with van der Waals surface area (Å²) in [6.45, 7) is 2.76. The number of carbonyl (C=O) groups excluding carboxylic acids is 1. The van der Waals surface area contributed by atoms with E-state index < -0.39 is 11.7 Å². The molecule has 2 heterocycles. The minimum Gasteiger partial charge on any atom is -0.368 e. The zero-order chi connectivity index (χ0) is 15.2. The summed E-state index contributed by atoms with van der Waals surface area (Å²) < 4.78 is 15.9. The second-order valence-corrected chi connectivity index (χ2v) is 4.51. The molecule has 2 aromatic heterocycles. The molecular weight excluding hydrogens is 273 g/mol. The maximum Gasteiger partial charge on any atom is 0.254 e. The maximum atomic E-state index is 14.1. The van der Waals surface area contributed by atoms with E-state index in [1.165, 1.54) is 12.3 Å². The number of imidazole rings is 1. The Balaban J connectivity index is 1.97. The lowest BCUT2D eigenvalue weighted by Crippen LogP contribution is -2.27. The predicted molar refractivity (Wildman–Crippen MR) is 77.6 cm³/mol. The Morgan fingerprint density at radius 2 is 2.19 bits per heavy atom. The van der Waals surface area contributed by atoms with Crippen molar-refractivity contribution in [2.45, 2.75) is 13.3 Å². The molecule has 112 valence electrons. The third-order valence-electron chi connectivity index (χ3n) is 3.03. The number of rotatable bonds is 6. The molecular formula is C14H18FN5O. The molecule has 2 N–H and O–H groups in total. The van der Waals surface area contributed by atoms with Crippen LogP contribution in [0.5, 0.6) is 0 Å². The van der Waals surface area contributed by atoms with Crippen LogP contribution in [-0.4, -0.2) is 33.5 Å². The van der Waals surface area contributed by atoms with E-state index in [9.17, 15) is 9.18 Å². The van der Waals surface area contributed by atoms with Gasteiger partial charge in [-0.3, -0.25) is 4.79 Å². The van der Waals surface area contributed by atoms with E-state index in [2.05, 4.69) is 20.6 Å². The zero-order valence-electron chi connectivity index (χ0n) is 12.1. The van der Waals surface area contributed by atoms with Crippen LogP contribution in [0.15, 0.2) is 24.7 Å². The minimum absolute atomic E-state index is 0.0132. The zero-order valence-corrected chi connectivity index (χ0v) is 12.1. The SMILES string of the molecule is CCNc1nccc(C(=O)NCCc2nccn2C)c1F. The van der Waals surface area contributed by atoms with Crippen LogP contribution in [0.3, 0.4) is 0 Å². The first kappa shape index (κ1) is 15.0. The van der Waals surface area contributed by atoms with Gasteiger partial charge in [-0.15, -0.1) is 0 Å². The predicted octanol–water partition coefficient (Wildman–Crippen LogP) is 1.36. The first-order valence-electron chi connectivity index (χ1n) is 6.76. The number of amides is 1. The topological polar surface area (TPSA) is 71.8 Å². The van der Waals surface area contributed by atoms with Gasteiger partial charge in [-0.2, -0.15) is 0 Å². The van der Waals surface area contributed by atoms with Crippen LogP contribution >= 0.6 is 0 Å². The number of nitrogens with one attached hydrogen (secondary N) is 2. The first-order valence-corrected chi connectivity index (χ1v) is 6.76. The van der Waals surface area contributed by atoms with E-state index in [1.807, 2.05) is 24.7 Å². The highest BCUT2D eigenvalue weighted by atomic mass is 19.1. The summed E-state index contributed by atoms with van der Waals surface area (Å²) in [6, 6.07) is 1.37. The van der Waals surface area contributed by atoms with Gasteiger partial charge in [0, 0.05) is 45.1 Å². The van der Waals surface area contributed by atoms with Crippen LogP contribution < -0.4 is 10.6 Å². The average molecular weight is 291 g/mol. The average Bonchev–Trinajstić information content (AvgIpc) is 2.87. The summed E-state index contributed by atoms with van der Waals surface area (Å²) in [4.78, 5) is 20.0. The fourth-order valence-corrected chi connectivity index (χ4v) is 1.93. The molecule has 0 aromatic carbocycles. The van der Waals surface area contributed by atoms with Crippen molar-refractivity contribution in [3.8, 4) is 0 Å². The lowest BCUT2D eigenvalue weighted by molar-refractivity contribution is 0.0950. The Morgan fingerprint density at radius 3 is 2.86 bits per heavy atom. The summed E-state index contributed by atoms with van der Waals surface area (Å²) >= 11 is 0. The van der Waals surface area contributed by atoms with Gasteiger partial charge < -0.3 is 15.2 Å². The van der Waals surface area contributed by atoms with Crippen LogP contribution in [0.4, 0.5) is 10.2 Å². The van der Waals surface area contributed by atoms with E-state index in [-0.39, 0.29) is 11.4 Å². The molecule has 1 amide bonds. The fraction of sp³-hybridized carbons (Fsp3) is 0.357. The molecule has 0 aliphatic heterocycles. The molecule has 0 atom stereocenters. The number of anilines is 1. The van der Waals surface area contributed by atoms with E-state index in [0.29, 0.717) is 19.5 Å². The Kier molecular flexibility index (Phi) is 4.86. The molecule has 0 unspecified atom stereocenters. The first-order chi connectivity index (χ1) is 10.1. The number of pyridine rings is 1. The second kappa shape index (κ2) is 6.83. The van der Waals surface area contributed by atoms with Gasteiger partial charge in [-0.05, 0) is 13.0 Å². The highest BCUT2D eigenvalue weighted by Gasteiger charge is 2.15. The molecule has 0 fully saturated rings. The quantitative estimate of drug-likeness (QED) is 0.843. The Hall–Kier alpha value is -2.44. The van der Waals surface area contributed by atoms with Crippen molar-refractivity contribution in [1.82, 2.24) is 19.9 Å². The highest BCUT2D eigenvalue weighted by molar-refractivity contribution is 5.95. The van der Waals surface area contributed by atoms with Gasteiger partial charge in [0.05, 0.1) is 5.56 Å². The van der Waals surface area contributed by atoms with Crippen molar-refractivity contribution in [2.75, 3.05) is 18.4 Å². The van der Waals surface area contributed by atoms with Crippen molar-refractivity contribution >= 4 is 11.7 Å². The lowest BCUT2D eigenvalue weighted by Gasteiger charge is -2.09. The minimum atomic E-state index is -0.631. The molecule has 6 nitrogen and oxygen atoms in total. The van der Waals surface area contributed by atoms with Crippen LogP contribution in [0.1, 0.15) is 23.1 Å². The van der Waals surface area contributed by atoms with Crippen molar-refractivity contribution in [2.24, 2.45) is 7.05 Å². The summed E-state index contributed by atoms with van der Waals surface area (Å²) in [5.41, 5.74) is -0.0132. The fourth-order valence-electron chi connectivity index (χ4n) is 1.93. The van der Waals surface area contributed by atoms with Gasteiger partial charge in [-0.25, -0.2) is 14.4 Å². The van der Waals surface area contributed by atoms with Crippen molar-refractivity contribution in [1.29, 1.82) is 0 Å². The van der Waals surface area contributed by atoms with Gasteiger partial charge in [-0.1, -0.05) is 0 Å². The second-order valence-electron chi connectivity index (χ2n) is 4.51.